The molecule has 118 valence electrons. The maximum absolute atomic E-state index is 6.16. The number of nitrogens with two attached hydrogens (primary N) is 1. The third kappa shape index (κ3) is 2.89. The van der Waals surface area contributed by atoms with Crippen LogP contribution < -0.4 is 11.3 Å². The van der Waals surface area contributed by atoms with E-state index in [9.17, 15) is 0 Å². The minimum Gasteiger partial charge on any atom is -0.377 e. The smallest absolute Gasteiger partial charge is 0.0841 e. The summed E-state index contributed by atoms with van der Waals surface area (Å²) < 4.78 is 12.1. The molecule has 3 N–H and O–H groups in total. The highest BCUT2D eigenvalue weighted by molar-refractivity contribution is 5.00. The van der Waals surface area contributed by atoms with E-state index in [1.54, 1.807) is 0 Å². The van der Waals surface area contributed by atoms with Crippen molar-refractivity contribution >= 4 is 0 Å². The summed E-state index contributed by atoms with van der Waals surface area (Å²) in [5.41, 5.74) is 3.07. The normalized spacial score (nSPS) is 27.9. The average molecular weight is 284 g/mol. The summed E-state index contributed by atoms with van der Waals surface area (Å²) >= 11 is 0. The second-order valence-electron chi connectivity index (χ2n) is 6.61. The van der Waals surface area contributed by atoms with E-state index in [0.717, 1.165) is 32.3 Å². The van der Waals surface area contributed by atoms with Gasteiger partial charge in [0.05, 0.1) is 17.2 Å². The number of rotatable bonds is 6. The van der Waals surface area contributed by atoms with Crippen molar-refractivity contribution in [2.45, 2.75) is 82.5 Å². The highest BCUT2D eigenvalue weighted by Crippen LogP contribution is 2.45. The molecule has 4 nitrogen and oxygen atoms in total. The number of nitrogens with one attached hydrogen (secondary N) is 1. The summed E-state index contributed by atoms with van der Waals surface area (Å²) in [5, 5.41) is 0. The molecule has 0 radical (unpaired) electrons. The molecule has 0 aromatic rings. The van der Waals surface area contributed by atoms with Crippen LogP contribution in [0.25, 0.3) is 0 Å². The lowest BCUT2D eigenvalue weighted by atomic mass is 9.73. The van der Waals surface area contributed by atoms with Crippen molar-refractivity contribution in [3.05, 3.63) is 0 Å². The molecule has 0 aromatic carbocycles. The molecular weight excluding hydrogens is 252 g/mol. The van der Waals surface area contributed by atoms with Crippen molar-refractivity contribution in [3.63, 3.8) is 0 Å². The number of hydrogen-bond donors (Lipinski definition) is 2. The number of ether oxygens (including phenoxy) is 2. The van der Waals surface area contributed by atoms with Gasteiger partial charge in [-0.3, -0.25) is 11.3 Å². The van der Waals surface area contributed by atoms with E-state index in [-0.39, 0.29) is 17.2 Å². The van der Waals surface area contributed by atoms with Crippen LogP contribution in [0.4, 0.5) is 0 Å². The van der Waals surface area contributed by atoms with E-state index in [0.29, 0.717) is 5.92 Å². The van der Waals surface area contributed by atoms with Crippen molar-refractivity contribution < 1.29 is 9.47 Å². The fourth-order valence-corrected chi connectivity index (χ4v) is 4.54. The molecule has 4 heteroatoms. The topological polar surface area (TPSA) is 56.5 Å². The van der Waals surface area contributed by atoms with Crippen LogP contribution in [0.1, 0.15) is 65.2 Å². The zero-order valence-electron chi connectivity index (χ0n) is 13.4. The molecule has 2 unspecified atom stereocenters. The first-order valence-corrected chi connectivity index (χ1v) is 8.30. The second-order valence-corrected chi connectivity index (χ2v) is 6.61. The van der Waals surface area contributed by atoms with Crippen LogP contribution in [0, 0.1) is 5.92 Å². The minimum atomic E-state index is -0.156. The Labute approximate surface area is 123 Å². The average Bonchev–Trinajstić information content (AvgIpc) is 2.92. The first kappa shape index (κ1) is 16.2. The summed E-state index contributed by atoms with van der Waals surface area (Å²) in [6.45, 7) is 5.26. The van der Waals surface area contributed by atoms with E-state index >= 15 is 0 Å². The zero-order chi connectivity index (χ0) is 14.6. The van der Waals surface area contributed by atoms with Gasteiger partial charge in [-0.2, -0.15) is 0 Å². The Morgan fingerprint density at radius 1 is 1.35 bits per heavy atom. The van der Waals surface area contributed by atoms with Crippen molar-refractivity contribution in [1.82, 2.24) is 5.43 Å². The molecule has 2 rings (SSSR count). The van der Waals surface area contributed by atoms with Gasteiger partial charge in [-0.1, -0.05) is 26.7 Å². The lowest BCUT2D eigenvalue weighted by Gasteiger charge is -2.47. The van der Waals surface area contributed by atoms with Crippen molar-refractivity contribution in [3.8, 4) is 0 Å². The predicted molar refractivity (Wildman–Crippen MR) is 81.3 cm³/mol. The van der Waals surface area contributed by atoms with E-state index in [1.807, 2.05) is 7.11 Å². The third-order valence-electron chi connectivity index (χ3n) is 5.87. The van der Waals surface area contributed by atoms with Gasteiger partial charge >= 0.3 is 0 Å². The molecule has 0 amide bonds. The molecule has 2 aliphatic rings. The Morgan fingerprint density at radius 3 is 2.50 bits per heavy atom. The molecule has 1 aliphatic heterocycles. The van der Waals surface area contributed by atoms with Gasteiger partial charge in [0.15, 0.2) is 0 Å². The van der Waals surface area contributed by atoms with Gasteiger partial charge in [-0.05, 0) is 44.4 Å². The van der Waals surface area contributed by atoms with Crippen LogP contribution in [0.5, 0.6) is 0 Å². The molecule has 2 fully saturated rings. The summed E-state index contributed by atoms with van der Waals surface area (Å²) in [5.74, 6) is 6.48. The number of methoxy groups -OCH3 is 1. The SMILES string of the molecule is CCC(CC)(OC)C(NN)C1CCOC2(CCCC2)C1. The van der Waals surface area contributed by atoms with Crippen LogP contribution >= 0.6 is 0 Å². The summed E-state index contributed by atoms with van der Waals surface area (Å²) in [7, 11) is 1.82. The highest BCUT2D eigenvalue weighted by Gasteiger charge is 2.47. The van der Waals surface area contributed by atoms with Crippen LogP contribution in [-0.2, 0) is 9.47 Å². The monoisotopic (exact) mass is 284 g/mol. The number of hydrazine groups is 1. The van der Waals surface area contributed by atoms with E-state index in [1.165, 1.54) is 25.7 Å². The summed E-state index contributed by atoms with van der Waals surface area (Å²) in [4.78, 5) is 0. The Kier molecular flexibility index (Phi) is 5.46. The third-order valence-corrected chi connectivity index (χ3v) is 5.87. The van der Waals surface area contributed by atoms with Gasteiger partial charge in [-0.15, -0.1) is 0 Å². The quantitative estimate of drug-likeness (QED) is 0.582. The van der Waals surface area contributed by atoms with Crippen molar-refractivity contribution in [1.29, 1.82) is 0 Å². The molecule has 1 aliphatic carbocycles. The van der Waals surface area contributed by atoms with Gasteiger partial charge < -0.3 is 9.47 Å². The van der Waals surface area contributed by atoms with Gasteiger partial charge in [0.25, 0.3) is 0 Å². The molecule has 1 heterocycles. The van der Waals surface area contributed by atoms with Crippen molar-refractivity contribution in [2.75, 3.05) is 13.7 Å². The predicted octanol–water partition coefficient (Wildman–Crippen LogP) is 2.76. The molecule has 2 atom stereocenters. The molecule has 1 spiro atoms. The molecule has 1 saturated heterocycles. The molecule has 0 aromatic heterocycles. The summed E-state index contributed by atoms with van der Waals surface area (Å²) in [6.07, 6.45) is 9.25. The summed E-state index contributed by atoms with van der Waals surface area (Å²) in [6, 6.07) is 0.212. The first-order chi connectivity index (χ1) is 9.65. The van der Waals surface area contributed by atoms with Crippen LogP contribution in [0.3, 0.4) is 0 Å². The lowest BCUT2D eigenvalue weighted by molar-refractivity contribution is -0.126. The highest BCUT2D eigenvalue weighted by atomic mass is 16.5. The van der Waals surface area contributed by atoms with Gasteiger partial charge in [0.1, 0.15) is 0 Å². The number of hydrogen-bond acceptors (Lipinski definition) is 4. The van der Waals surface area contributed by atoms with Crippen LogP contribution in [-0.4, -0.2) is 31.0 Å². The van der Waals surface area contributed by atoms with E-state index in [2.05, 4.69) is 19.3 Å². The van der Waals surface area contributed by atoms with Crippen LogP contribution in [0.15, 0.2) is 0 Å². The van der Waals surface area contributed by atoms with E-state index in [4.69, 9.17) is 15.3 Å². The Balaban J connectivity index is 2.14. The lowest BCUT2D eigenvalue weighted by Crippen LogP contribution is -2.60. The minimum absolute atomic E-state index is 0.138. The fourth-order valence-electron chi connectivity index (χ4n) is 4.54. The molecule has 1 saturated carbocycles. The molecular formula is C16H32N2O2. The standard InChI is InChI=1S/C16H32N2O2/c1-4-16(5-2,19-3)14(18-17)13-8-11-20-15(12-13)9-6-7-10-15/h13-14,18H,4-12,17H2,1-3H3. The Hall–Kier alpha value is -0.160. The van der Waals surface area contributed by atoms with Crippen LogP contribution in [0.2, 0.25) is 0 Å². The van der Waals surface area contributed by atoms with E-state index < -0.39 is 0 Å². The Morgan fingerprint density at radius 2 is 2.00 bits per heavy atom. The second kappa shape index (κ2) is 6.73. The fraction of sp³-hybridized carbons (Fsp3) is 1.00. The van der Waals surface area contributed by atoms with Gasteiger partial charge in [0, 0.05) is 13.7 Å². The zero-order valence-corrected chi connectivity index (χ0v) is 13.4. The first-order valence-electron chi connectivity index (χ1n) is 8.30. The maximum atomic E-state index is 6.16. The van der Waals surface area contributed by atoms with Crippen molar-refractivity contribution in [2.24, 2.45) is 11.8 Å². The molecule has 0 bridgehead atoms. The largest absolute Gasteiger partial charge is 0.377 e. The maximum Gasteiger partial charge on any atom is 0.0841 e. The van der Waals surface area contributed by atoms with Gasteiger partial charge in [0.2, 0.25) is 0 Å². The molecule has 20 heavy (non-hydrogen) atoms. The Bertz CT molecular complexity index is 291. The van der Waals surface area contributed by atoms with Gasteiger partial charge in [-0.25, -0.2) is 0 Å².